The second kappa shape index (κ2) is 6.32. The van der Waals surface area contributed by atoms with Crippen molar-refractivity contribution < 1.29 is 9.18 Å². The third-order valence-electron chi connectivity index (χ3n) is 5.02. The summed E-state index contributed by atoms with van der Waals surface area (Å²) in [5, 5.41) is 0. The predicted octanol–water partition coefficient (Wildman–Crippen LogP) is 2.31. The monoisotopic (exact) mass is 325 g/mol. The first kappa shape index (κ1) is 15.3. The van der Waals surface area contributed by atoms with Gasteiger partial charge in [-0.2, -0.15) is 0 Å². The first-order chi connectivity index (χ1) is 11.7. The van der Waals surface area contributed by atoms with E-state index in [1.165, 1.54) is 17.7 Å². The zero-order valence-corrected chi connectivity index (χ0v) is 13.4. The van der Waals surface area contributed by atoms with E-state index in [1.54, 1.807) is 18.5 Å². The van der Waals surface area contributed by atoms with Gasteiger partial charge in [-0.25, -0.2) is 4.39 Å². The van der Waals surface area contributed by atoms with Gasteiger partial charge in [-0.15, -0.1) is 0 Å². The van der Waals surface area contributed by atoms with Crippen molar-refractivity contribution in [2.75, 3.05) is 19.6 Å². The molecular formula is C19H20FN3O. The molecule has 4 rings (SSSR count). The van der Waals surface area contributed by atoms with E-state index in [0.29, 0.717) is 12.5 Å². The summed E-state index contributed by atoms with van der Waals surface area (Å²) in [7, 11) is 0. The van der Waals surface area contributed by atoms with Gasteiger partial charge in [0.05, 0.1) is 5.92 Å². The maximum Gasteiger partial charge on any atom is 0.227 e. The van der Waals surface area contributed by atoms with Crippen LogP contribution in [-0.4, -0.2) is 40.3 Å². The smallest absolute Gasteiger partial charge is 0.227 e. The SMILES string of the molecule is O=C1[C@H]2CN(Cc3ccncc3)C[C@H]2CN1Cc1cccc(F)c1. The van der Waals surface area contributed by atoms with E-state index in [-0.39, 0.29) is 17.6 Å². The van der Waals surface area contributed by atoms with E-state index in [0.717, 1.165) is 31.7 Å². The van der Waals surface area contributed by atoms with Gasteiger partial charge in [-0.05, 0) is 35.4 Å². The van der Waals surface area contributed by atoms with Gasteiger partial charge >= 0.3 is 0 Å². The number of amides is 1. The van der Waals surface area contributed by atoms with E-state index in [4.69, 9.17) is 0 Å². The summed E-state index contributed by atoms with van der Waals surface area (Å²) in [5.41, 5.74) is 2.09. The molecule has 1 aromatic heterocycles. The van der Waals surface area contributed by atoms with Crippen molar-refractivity contribution in [1.82, 2.24) is 14.8 Å². The minimum atomic E-state index is -0.247. The molecule has 2 saturated heterocycles. The number of likely N-dealkylation sites (tertiary alicyclic amines) is 2. The highest BCUT2D eigenvalue weighted by molar-refractivity contribution is 5.82. The molecule has 0 spiro atoms. The molecule has 5 heteroatoms. The van der Waals surface area contributed by atoms with Gasteiger partial charge in [0.15, 0.2) is 0 Å². The van der Waals surface area contributed by atoms with Crippen LogP contribution in [-0.2, 0) is 17.9 Å². The second-order valence-corrected chi connectivity index (χ2v) is 6.76. The average molecular weight is 325 g/mol. The molecule has 3 heterocycles. The highest BCUT2D eigenvalue weighted by atomic mass is 19.1. The highest BCUT2D eigenvalue weighted by Crippen LogP contribution is 2.33. The Morgan fingerprint density at radius 1 is 1.04 bits per heavy atom. The van der Waals surface area contributed by atoms with E-state index < -0.39 is 0 Å². The number of halogens is 1. The lowest BCUT2D eigenvalue weighted by molar-refractivity contribution is -0.131. The lowest BCUT2D eigenvalue weighted by atomic mass is 10.0. The molecule has 0 aliphatic carbocycles. The quantitative estimate of drug-likeness (QED) is 0.865. The molecule has 0 saturated carbocycles. The summed E-state index contributed by atoms with van der Waals surface area (Å²) in [5.74, 6) is 0.428. The molecule has 124 valence electrons. The topological polar surface area (TPSA) is 36.4 Å². The molecule has 0 unspecified atom stereocenters. The first-order valence-corrected chi connectivity index (χ1v) is 8.33. The van der Waals surface area contributed by atoms with Crippen LogP contribution in [0.15, 0.2) is 48.8 Å². The van der Waals surface area contributed by atoms with Crippen LogP contribution < -0.4 is 0 Å². The molecule has 1 amide bonds. The summed E-state index contributed by atoms with van der Waals surface area (Å²) in [6, 6.07) is 10.6. The summed E-state index contributed by atoms with van der Waals surface area (Å²) in [6.45, 7) is 3.90. The molecule has 2 aliphatic heterocycles. The largest absolute Gasteiger partial charge is 0.338 e. The number of hydrogen-bond acceptors (Lipinski definition) is 3. The number of pyridine rings is 1. The van der Waals surface area contributed by atoms with Crippen molar-refractivity contribution in [1.29, 1.82) is 0 Å². The van der Waals surface area contributed by atoms with Crippen molar-refractivity contribution in [3.05, 3.63) is 65.7 Å². The molecule has 2 atom stereocenters. The molecule has 0 radical (unpaired) electrons. The van der Waals surface area contributed by atoms with Crippen LogP contribution in [0.25, 0.3) is 0 Å². The molecule has 4 nitrogen and oxygen atoms in total. The second-order valence-electron chi connectivity index (χ2n) is 6.76. The lowest BCUT2D eigenvalue weighted by Crippen LogP contribution is -2.32. The average Bonchev–Trinajstić information content (AvgIpc) is 3.08. The zero-order chi connectivity index (χ0) is 16.5. The minimum Gasteiger partial charge on any atom is -0.338 e. The van der Waals surface area contributed by atoms with Gasteiger partial charge < -0.3 is 4.90 Å². The number of carbonyl (C=O) groups excluding carboxylic acids is 1. The molecule has 0 bridgehead atoms. The van der Waals surface area contributed by atoms with Crippen LogP contribution in [0.1, 0.15) is 11.1 Å². The summed E-state index contributed by atoms with van der Waals surface area (Å²) >= 11 is 0. The Labute approximate surface area is 140 Å². The summed E-state index contributed by atoms with van der Waals surface area (Å²) in [4.78, 5) is 20.9. The lowest BCUT2D eigenvalue weighted by Gasteiger charge is -2.21. The standard InChI is InChI=1S/C19H20FN3O/c20-17-3-1-2-15(8-17)10-23-12-16-11-22(13-18(16)19(23)24)9-14-4-6-21-7-5-14/h1-8,16,18H,9-13H2/t16-,18-/m0/s1. The van der Waals surface area contributed by atoms with Gasteiger partial charge in [0, 0.05) is 51.0 Å². The fraction of sp³-hybridized carbons (Fsp3) is 0.368. The van der Waals surface area contributed by atoms with Gasteiger partial charge in [-0.1, -0.05) is 12.1 Å². The number of aromatic nitrogens is 1. The molecule has 2 aromatic rings. The summed E-state index contributed by atoms with van der Waals surface area (Å²) in [6.07, 6.45) is 3.61. The Hall–Kier alpha value is -2.27. The van der Waals surface area contributed by atoms with Gasteiger partial charge in [0.2, 0.25) is 5.91 Å². The third-order valence-corrected chi connectivity index (χ3v) is 5.02. The van der Waals surface area contributed by atoms with E-state index >= 15 is 0 Å². The maximum absolute atomic E-state index is 13.3. The number of benzene rings is 1. The predicted molar refractivity (Wildman–Crippen MR) is 88.3 cm³/mol. The van der Waals surface area contributed by atoms with Crippen LogP contribution in [0.2, 0.25) is 0 Å². The minimum absolute atomic E-state index is 0.0837. The van der Waals surface area contributed by atoms with E-state index in [9.17, 15) is 9.18 Å². The number of fused-ring (bicyclic) bond motifs is 1. The first-order valence-electron chi connectivity index (χ1n) is 8.33. The fourth-order valence-electron chi connectivity index (χ4n) is 3.91. The Kier molecular flexibility index (Phi) is 4.02. The molecule has 24 heavy (non-hydrogen) atoms. The number of rotatable bonds is 4. The molecular weight excluding hydrogens is 305 g/mol. The Bertz CT molecular complexity index is 736. The number of nitrogens with zero attached hydrogens (tertiary/aromatic N) is 3. The molecule has 0 N–H and O–H groups in total. The molecule has 1 aromatic carbocycles. The van der Waals surface area contributed by atoms with Crippen LogP contribution in [0.5, 0.6) is 0 Å². The number of carbonyl (C=O) groups is 1. The third kappa shape index (κ3) is 3.04. The normalized spacial score (nSPS) is 23.7. The molecule has 2 fully saturated rings. The summed E-state index contributed by atoms with van der Waals surface area (Å²) < 4.78 is 13.3. The van der Waals surface area contributed by atoms with Crippen LogP contribution in [0, 0.1) is 17.7 Å². The van der Waals surface area contributed by atoms with Crippen molar-refractivity contribution in [3.63, 3.8) is 0 Å². The van der Waals surface area contributed by atoms with Gasteiger partial charge in [-0.3, -0.25) is 14.7 Å². The van der Waals surface area contributed by atoms with Crippen molar-refractivity contribution in [2.45, 2.75) is 13.1 Å². The van der Waals surface area contributed by atoms with Crippen LogP contribution in [0.3, 0.4) is 0 Å². The zero-order valence-electron chi connectivity index (χ0n) is 13.4. The van der Waals surface area contributed by atoms with E-state index in [1.807, 2.05) is 23.1 Å². The Balaban J connectivity index is 1.38. The van der Waals surface area contributed by atoms with Crippen LogP contribution >= 0.6 is 0 Å². The van der Waals surface area contributed by atoms with Crippen LogP contribution in [0.4, 0.5) is 4.39 Å². The van der Waals surface area contributed by atoms with Crippen molar-refractivity contribution in [2.24, 2.45) is 11.8 Å². The highest BCUT2D eigenvalue weighted by Gasteiger charge is 2.45. The van der Waals surface area contributed by atoms with Gasteiger partial charge in [0.25, 0.3) is 0 Å². The maximum atomic E-state index is 13.3. The number of hydrogen-bond donors (Lipinski definition) is 0. The fourth-order valence-corrected chi connectivity index (χ4v) is 3.91. The van der Waals surface area contributed by atoms with Crippen molar-refractivity contribution >= 4 is 5.91 Å². The van der Waals surface area contributed by atoms with Crippen molar-refractivity contribution in [3.8, 4) is 0 Å². The Morgan fingerprint density at radius 3 is 2.62 bits per heavy atom. The Morgan fingerprint density at radius 2 is 1.88 bits per heavy atom. The molecule has 2 aliphatic rings. The van der Waals surface area contributed by atoms with Gasteiger partial charge in [0.1, 0.15) is 5.82 Å². The van der Waals surface area contributed by atoms with E-state index in [2.05, 4.69) is 9.88 Å².